The summed E-state index contributed by atoms with van der Waals surface area (Å²) in [6.45, 7) is 1.93. The predicted molar refractivity (Wildman–Crippen MR) is 167 cm³/mol. The van der Waals surface area contributed by atoms with Gasteiger partial charge >= 0.3 is 6.09 Å². The van der Waals surface area contributed by atoms with Crippen LogP contribution in [0.1, 0.15) is 35.2 Å². The van der Waals surface area contributed by atoms with E-state index in [2.05, 4.69) is 24.7 Å². The highest BCUT2D eigenvalue weighted by Gasteiger charge is 2.28. The predicted octanol–water partition coefficient (Wildman–Crippen LogP) is 4.70. The number of methoxy groups -OCH3 is 1. The number of hydrogen-bond acceptors (Lipinski definition) is 6. The van der Waals surface area contributed by atoms with Gasteiger partial charge in [0.05, 0.1) is 46.0 Å². The molecule has 41 heavy (non-hydrogen) atoms. The van der Waals surface area contributed by atoms with Gasteiger partial charge in [0.2, 0.25) is 5.91 Å². The normalized spacial score (nSPS) is 14.3. The summed E-state index contributed by atoms with van der Waals surface area (Å²) in [5.41, 5.74) is 3.66. The number of amides is 2. The Morgan fingerprint density at radius 2 is 1.66 bits per heavy atom. The number of aromatic carboxylic acids is 1. The molecule has 0 unspecified atom stereocenters. The van der Waals surface area contributed by atoms with Gasteiger partial charge in [0.15, 0.2) is 0 Å². The number of quaternary nitrogens is 1. The highest BCUT2D eigenvalue weighted by atomic mass is 127. The minimum absolute atomic E-state index is 0. The zero-order valence-corrected chi connectivity index (χ0v) is 25.8. The van der Waals surface area contributed by atoms with E-state index in [0.717, 1.165) is 47.1 Å². The minimum Gasteiger partial charge on any atom is -0.545 e. The molecule has 3 aromatic rings. The standard InChI is InChI=1S/C31H35N3O6.HI/c1-34(2)17-15-24(16-18-34)40-31(38)33-27-13-9-21(19-26(27)22-7-5-4-6-8-22)10-14-29(35)32-23-11-12-25(30(36)37)28(20-23)39-3;/h4-9,11-13,19-20,24H,10,14-18H2,1-3H3,(H2-,32,33,35,36,37,38);1H. The Morgan fingerprint density at radius 1 is 0.951 bits per heavy atom. The van der Waals surface area contributed by atoms with Crippen molar-refractivity contribution in [3.63, 3.8) is 0 Å². The number of carboxylic acids is 1. The van der Waals surface area contributed by atoms with Gasteiger partial charge in [0, 0.05) is 42.1 Å². The van der Waals surface area contributed by atoms with Crippen LogP contribution in [0.2, 0.25) is 0 Å². The Labute approximate surface area is 257 Å². The molecule has 4 rings (SSSR count). The first-order chi connectivity index (χ1) is 19.1. The van der Waals surface area contributed by atoms with Gasteiger partial charge in [-0.25, -0.2) is 4.79 Å². The number of carbonyl (C=O) groups excluding carboxylic acids is 3. The topological polar surface area (TPSA) is 117 Å². The molecule has 0 aliphatic carbocycles. The Balaban J connectivity index is 0.00000462. The minimum atomic E-state index is -1.35. The van der Waals surface area contributed by atoms with Crippen LogP contribution in [0.5, 0.6) is 5.75 Å². The third-order valence-electron chi connectivity index (χ3n) is 7.14. The fourth-order valence-electron chi connectivity index (χ4n) is 4.78. The number of halogens is 1. The summed E-state index contributed by atoms with van der Waals surface area (Å²) in [7, 11) is 5.72. The van der Waals surface area contributed by atoms with Gasteiger partial charge in [-0.05, 0) is 41.8 Å². The summed E-state index contributed by atoms with van der Waals surface area (Å²) in [6.07, 6.45) is 1.76. The van der Waals surface area contributed by atoms with Gasteiger partial charge in [-0.3, -0.25) is 10.1 Å². The zero-order chi connectivity index (χ0) is 28.7. The first-order valence-corrected chi connectivity index (χ1v) is 13.3. The molecule has 0 radical (unpaired) electrons. The van der Waals surface area contributed by atoms with Crippen LogP contribution in [-0.2, 0) is 16.0 Å². The van der Waals surface area contributed by atoms with Crippen LogP contribution in [0.3, 0.4) is 0 Å². The molecule has 9 nitrogen and oxygen atoms in total. The average Bonchev–Trinajstić information content (AvgIpc) is 2.94. The van der Waals surface area contributed by atoms with Gasteiger partial charge in [-0.1, -0.05) is 36.4 Å². The maximum atomic E-state index is 12.8. The van der Waals surface area contributed by atoms with E-state index in [4.69, 9.17) is 9.47 Å². The second-order valence-corrected chi connectivity index (χ2v) is 10.6. The molecule has 0 aromatic heterocycles. The van der Waals surface area contributed by atoms with E-state index in [9.17, 15) is 19.5 Å². The van der Waals surface area contributed by atoms with Crippen LogP contribution in [0.25, 0.3) is 11.1 Å². The lowest BCUT2D eigenvalue weighted by molar-refractivity contribution is -0.896. The third kappa shape index (κ3) is 8.92. The summed E-state index contributed by atoms with van der Waals surface area (Å²) in [5, 5.41) is 16.9. The number of carboxylic acid groups (broad SMARTS) is 1. The van der Waals surface area contributed by atoms with Gasteiger partial charge < -0.3 is 29.2 Å². The zero-order valence-electron chi connectivity index (χ0n) is 23.5. The number of carbonyl (C=O) groups is 3. The molecular weight excluding hydrogens is 637 g/mol. The first kappa shape index (κ1) is 31.9. The molecule has 0 spiro atoms. The van der Waals surface area contributed by atoms with Crippen LogP contribution in [0.15, 0.2) is 66.7 Å². The van der Waals surface area contributed by atoms with E-state index in [0.29, 0.717) is 17.8 Å². The molecule has 0 atom stereocenters. The number of piperidine rings is 1. The largest absolute Gasteiger partial charge is 0.545 e. The molecule has 1 fully saturated rings. The number of rotatable bonds is 9. The van der Waals surface area contributed by atoms with Crippen molar-refractivity contribution < 1.29 is 33.4 Å². The van der Waals surface area contributed by atoms with Crippen LogP contribution < -0.4 is 20.5 Å². The summed E-state index contributed by atoms with van der Waals surface area (Å²) in [6, 6.07) is 19.7. The number of nitrogens with one attached hydrogen (secondary N) is 2. The molecule has 1 aliphatic heterocycles. The van der Waals surface area contributed by atoms with Crippen LogP contribution in [0, 0.1) is 0 Å². The summed E-state index contributed by atoms with van der Waals surface area (Å²) < 4.78 is 11.7. The Hall–Kier alpha value is -3.64. The van der Waals surface area contributed by atoms with Crippen molar-refractivity contribution in [3.05, 3.63) is 77.9 Å². The highest BCUT2D eigenvalue weighted by molar-refractivity contribution is 14.0. The Kier molecular flexibility index (Phi) is 11.1. The van der Waals surface area contributed by atoms with Gasteiger partial charge in [-0.15, -0.1) is 24.0 Å². The maximum absolute atomic E-state index is 12.8. The molecule has 1 aliphatic rings. The second kappa shape index (κ2) is 14.3. The maximum Gasteiger partial charge on any atom is 0.411 e. The number of benzene rings is 3. The Morgan fingerprint density at radius 3 is 2.32 bits per heavy atom. The third-order valence-corrected chi connectivity index (χ3v) is 7.14. The van der Waals surface area contributed by atoms with E-state index in [1.165, 1.54) is 25.3 Å². The fraction of sp³-hybridized carbons (Fsp3) is 0.323. The number of likely N-dealkylation sites (tertiary alicyclic amines) is 1. The monoisotopic (exact) mass is 673 g/mol. The van der Waals surface area contributed by atoms with E-state index in [1.807, 2.05) is 48.5 Å². The fourth-order valence-corrected chi connectivity index (χ4v) is 4.78. The van der Waals surface area contributed by atoms with E-state index >= 15 is 0 Å². The smallest absolute Gasteiger partial charge is 0.411 e. The van der Waals surface area contributed by atoms with Crippen LogP contribution in [-0.4, -0.2) is 62.9 Å². The number of hydrogen-bond donors (Lipinski definition) is 2. The lowest BCUT2D eigenvalue weighted by atomic mass is 9.99. The van der Waals surface area contributed by atoms with Crippen molar-refractivity contribution >= 4 is 53.3 Å². The Bertz CT molecular complexity index is 1370. The number of anilines is 2. The molecule has 2 N–H and O–H groups in total. The van der Waals surface area contributed by atoms with Crippen molar-refractivity contribution in [1.82, 2.24) is 0 Å². The molecule has 0 bridgehead atoms. The van der Waals surface area contributed by atoms with Crippen molar-refractivity contribution in [2.45, 2.75) is 31.8 Å². The van der Waals surface area contributed by atoms with E-state index in [-0.39, 0.29) is 53.7 Å². The molecule has 10 heteroatoms. The van der Waals surface area contributed by atoms with E-state index < -0.39 is 12.1 Å². The van der Waals surface area contributed by atoms with Gasteiger partial charge in [0.25, 0.3) is 0 Å². The number of ether oxygens (including phenoxy) is 2. The quantitative estimate of drug-likeness (QED) is 0.251. The summed E-state index contributed by atoms with van der Waals surface area (Å²) in [5.74, 6) is -1.48. The molecule has 3 aromatic carbocycles. The molecule has 218 valence electrons. The van der Waals surface area contributed by atoms with Crippen molar-refractivity contribution in [2.75, 3.05) is 44.9 Å². The lowest BCUT2D eigenvalue weighted by Crippen LogP contribution is -2.48. The van der Waals surface area contributed by atoms with E-state index in [1.54, 1.807) is 0 Å². The van der Waals surface area contributed by atoms with Crippen LogP contribution in [0.4, 0.5) is 16.2 Å². The lowest BCUT2D eigenvalue weighted by Gasteiger charge is -2.36. The van der Waals surface area contributed by atoms with Gasteiger partial charge in [0.1, 0.15) is 11.9 Å². The highest BCUT2D eigenvalue weighted by Crippen LogP contribution is 2.30. The van der Waals surface area contributed by atoms with Crippen molar-refractivity contribution in [3.8, 4) is 16.9 Å². The van der Waals surface area contributed by atoms with Gasteiger partial charge in [-0.2, -0.15) is 0 Å². The van der Waals surface area contributed by atoms with Crippen molar-refractivity contribution in [1.29, 1.82) is 0 Å². The molecule has 1 saturated heterocycles. The molecule has 2 amide bonds. The number of nitrogens with zero attached hydrogens (tertiary/aromatic N) is 1. The molecular formula is C31H36IN3O6. The summed E-state index contributed by atoms with van der Waals surface area (Å²) in [4.78, 5) is 36.6. The molecule has 0 saturated carbocycles. The number of aryl methyl sites for hydroxylation is 1. The summed E-state index contributed by atoms with van der Waals surface area (Å²) >= 11 is 0. The van der Waals surface area contributed by atoms with Crippen LogP contribution >= 0.6 is 24.0 Å². The first-order valence-electron chi connectivity index (χ1n) is 13.3. The van der Waals surface area contributed by atoms with Crippen molar-refractivity contribution in [2.24, 2.45) is 0 Å². The second-order valence-electron chi connectivity index (χ2n) is 10.6. The molecule has 1 heterocycles. The SMILES string of the molecule is COc1cc(NC(=O)CCc2ccc(NC(=O)OC3CC[N+](C)(C)CC3)c(-c3ccccc3)c2)ccc1C(=O)[O-].I. The average molecular weight is 674 g/mol.